The van der Waals surface area contributed by atoms with Crippen molar-refractivity contribution in [1.82, 2.24) is 0 Å². The van der Waals surface area contributed by atoms with Crippen molar-refractivity contribution in [3.63, 3.8) is 0 Å². The fourth-order valence-electron chi connectivity index (χ4n) is 3.26. The summed E-state index contributed by atoms with van der Waals surface area (Å²) in [5.74, 6) is 0.358. The molecule has 2 heteroatoms. The summed E-state index contributed by atoms with van der Waals surface area (Å²) < 4.78 is 0. The predicted molar refractivity (Wildman–Crippen MR) is 91.9 cm³/mol. The van der Waals surface area contributed by atoms with Crippen molar-refractivity contribution in [2.24, 2.45) is 0 Å². The molecule has 1 rings (SSSR count). The van der Waals surface area contributed by atoms with Gasteiger partial charge in [0.05, 0.1) is 8.07 Å². The Balaban J connectivity index is 3.48. The summed E-state index contributed by atoms with van der Waals surface area (Å²) in [6, 6.07) is 0. The number of rotatable bonds is 1. The lowest BCUT2D eigenvalue weighted by molar-refractivity contribution is -0.115. The predicted octanol–water partition coefficient (Wildman–Crippen LogP) is 5.90. The lowest BCUT2D eigenvalue weighted by Crippen LogP contribution is -2.45. The van der Waals surface area contributed by atoms with Crippen LogP contribution in [0.2, 0.25) is 23.7 Å². The van der Waals surface area contributed by atoms with E-state index >= 15 is 0 Å². The van der Waals surface area contributed by atoms with Crippen molar-refractivity contribution >= 4 is 13.9 Å². The number of carbonyl (C=O) groups excluding carboxylic acids is 1. The van der Waals surface area contributed by atoms with E-state index < -0.39 is 8.07 Å². The van der Waals surface area contributed by atoms with Gasteiger partial charge in [-0.15, -0.1) is 0 Å². The minimum Gasteiger partial charge on any atom is -0.294 e. The van der Waals surface area contributed by atoms with Gasteiger partial charge in [0.2, 0.25) is 0 Å². The van der Waals surface area contributed by atoms with E-state index in [9.17, 15) is 4.79 Å². The SMILES string of the molecule is CC(C)=C1C(=O)CC[C@@H]([Si](C)(C)C(C)(C)C)C1=C(C)C. The highest BCUT2D eigenvalue weighted by molar-refractivity contribution is 6.82. The Morgan fingerprint density at radius 2 is 1.55 bits per heavy atom. The minimum absolute atomic E-state index is 0.353. The van der Waals surface area contributed by atoms with Crippen LogP contribution in [0.5, 0.6) is 0 Å². The van der Waals surface area contributed by atoms with Crippen LogP contribution >= 0.6 is 0 Å². The fourth-order valence-corrected chi connectivity index (χ4v) is 6.33. The molecular formula is C18H32OSi. The lowest BCUT2D eigenvalue weighted by atomic mass is 9.83. The first-order chi connectivity index (χ1) is 8.91. The van der Waals surface area contributed by atoms with Crippen LogP contribution in [0.3, 0.4) is 0 Å². The molecule has 0 saturated heterocycles. The number of ketones is 1. The summed E-state index contributed by atoms with van der Waals surface area (Å²) in [5, 5.41) is 0.353. The first-order valence-electron chi connectivity index (χ1n) is 7.79. The normalized spacial score (nSPS) is 21.2. The number of carbonyl (C=O) groups is 1. The second kappa shape index (κ2) is 5.63. The van der Waals surface area contributed by atoms with Gasteiger partial charge in [0, 0.05) is 12.0 Å². The van der Waals surface area contributed by atoms with Gasteiger partial charge in [-0.1, -0.05) is 45.0 Å². The maximum Gasteiger partial charge on any atom is 0.163 e. The Hall–Kier alpha value is -0.633. The van der Waals surface area contributed by atoms with Crippen LogP contribution < -0.4 is 0 Å². The third-order valence-electron chi connectivity index (χ3n) is 5.40. The first-order valence-corrected chi connectivity index (χ1v) is 10.9. The van der Waals surface area contributed by atoms with E-state index in [1.807, 2.05) is 0 Å². The van der Waals surface area contributed by atoms with Crippen molar-refractivity contribution in [3.05, 3.63) is 22.3 Å². The van der Waals surface area contributed by atoms with E-state index in [2.05, 4.69) is 61.6 Å². The maximum atomic E-state index is 12.4. The van der Waals surface area contributed by atoms with Gasteiger partial charge in [0.1, 0.15) is 0 Å². The number of hydrogen-bond donors (Lipinski definition) is 0. The fraction of sp³-hybridized carbons (Fsp3) is 0.722. The molecule has 0 heterocycles. The standard InChI is InChI=1S/C18H32OSi/c1-12(2)16-14(19)10-11-15(17(16)13(3)4)20(8,9)18(5,6)7/h15H,10-11H2,1-9H3/t15-/m1/s1. The van der Waals surface area contributed by atoms with Crippen molar-refractivity contribution in [2.45, 2.75) is 85.0 Å². The summed E-state index contributed by atoms with van der Waals surface area (Å²) >= 11 is 0. The van der Waals surface area contributed by atoms with Gasteiger partial charge in [-0.25, -0.2) is 0 Å². The highest BCUT2D eigenvalue weighted by atomic mass is 28.3. The van der Waals surface area contributed by atoms with Crippen molar-refractivity contribution < 1.29 is 4.79 Å². The summed E-state index contributed by atoms with van der Waals surface area (Å²) in [4.78, 5) is 12.4. The third-order valence-corrected chi connectivity index (χ3v) is 11.6. The van der Waals surface area contributed by atoms with Gasteiger partial charge in [0.25, 0.3) is 0 Å². The molecule has 0 spiro atoms. The second-order valence-corrected chi connectivity index (χ2v) is 13.9. The van der Waals surface area contributed by atoms with Gasteiger partial charge >= 0.3 is 0 Å². The first kappa shape index (κ1) is 17.4. The molecule has 0 unspecified atom stereocenters. The highest BCUT2D eigenvalue weighted by Gasteiger charge is 2.46. The van der Waals surface area contributed by atoms with E-state index in [1.165, 1.54) is 16.7 Å². The van der Waals surface area contributed by atoms with Gasteiger partial charge in [-0.3, -0.25) is 4.79 Å². The summed E-state index contributed by atoms with van der Waals surface area (Å²) in [5.41, 5.74) is 5.56. The molecule has 1 aliphatic rings. The highest BCUT2D eigenvalue weighted by Crippen LogP contribution is 2.53. The van der Waals surface area contributed by atoms with Gasteiger partial charge in [-0.05, 0) is 50.3 Å². The molecule has 0 aromatic heterocycles. The van der Waals surface area contributed by atoms with E-state index in [1.54, 1.807) is 0 Å². The van der Waals surface area contributed by atoms with Crippen LogP contribution in [-0.2, 0) is 4.79 Å². The minimum atomic E-state index is -1.49. The Labute approximate surface area is 126 Å². The van der Waals surface area contributed by atoms with E-state index in [-0.39, 0.29) is 0 Å². The Kier molecular flexibility index (Phi) is 4.90. The summed E-state index contributed by atoms with van der Waals surface area (Å²) in [7, 11) is -1.49. The molecule has 0 aromatic carbocycles. The van der Waals surface area contributed by atoms with Crippen molar-refractivity contribution in [2.75, 3.05) is 0 Å². The molecule has 0 aromatic rings. The smallest absolute Gasteiger partial charge is 0.163 e. The van der Waals surface area contributed by atoms with Crippen molar-refractivity contribution in [3.8, 4) is 0 Å². The number of allylic oxidation sites excluding steroid dienone is 4. The van der Waals surface area contributed by atoms with Crippen LogP contribution in [0.25, 0.3) is 0 Å². The topological polar surface area (TPSA) is 17.1 Å². The average molecular weight is 293 g/mol. The Morgan fingerprint density at radius 1 is 1.05 bits per heavy atom. The molecule has 0 amide bonds. The van der Waals surface area contributed by atoms with Crippen LogP contribution in [0, 0.1) is 0 Å². The zero-order valence-corrected chi connectivity index (χ0v) is 15.9. The molecule has 0 bridgehead atoms. The lowest BCUT2D eigenvalue weighted by Gasteiger charge is -2.47. The zero-order valence-electron chi connectivity index (χ0n) is 14.9. The van der Waals surface area contributed by atoms with Gasteiger partial charge in [0.15, 0.2) is 5.78 Å². The third kappa shape index (κ3) is 3.00. The van der Waals surface area contributed by atoms with E-state index in [0.717, 1.165) is 18.4 Å². The molecule has 1 fully saturated rings. The van der Waals surface area contributed by atoms with Crippen LogP contribution in [0.1, 0.15) is 61.3 Å². The maximum absolute atomic E-state index is 12.4. The molecule has 0 N–H and O–H groups in total. The van der Waals surface area contributed by atoms with E-state index in [4.69, 9.17) is 0 Å². The van der Waals surface area contributed by atoms with Gasteiger partial charge < -0.3 is 0 Å². The Bertz CT molecular complexity index is 464. The molecule has 20 heavy (non-hydrogen) atoms. The Morgan fingerprint density at radius 3 is 1.90 bits per heavy atom. The van der Waals surface area contributed by atoms with Crippen LogP contribution in [0.4, 0.5) is 0 Å². The van der Waals surface area contributed by atoms with Gasteiger partial charge in [-0.2, -0.15) is 0 Å². The average Bonchev–Trinajstić information content (AvgIpc) is 2.25. The molecule has 0 aliphatic heterocycles. The second-order valence-electron chi connectivity index (χ2n) is 8.27. The van der Waals surface area contributed by atoms with E-state index in [0.29, 0.717) is 16.4 Å². The summed E-state index contributed by atoms with van der Waals surface area (Å²) in [6.45, 7) is 20.7. The molecular weight excluding hydrogens is 260 g/mol. The molecule has 1 saturated carbocycles. The number of hydrogen-bond acceptors (Lipinski definition) is 1. The molecule has 1 aliphatic carbocycles. The quantitative estimate of drug-likeness (QED) is 0.434. The van der Waals surface area contributed by atoms with Crippen LogP contribution in [-0.4, -0.2) is 13.9 Å². The molecule has 0 radical (unpaired) electrons. The molecule has 114 valence electrons. The van der Waals surface area contributed by atoms with Crippen molar-refractivity contribution in [1.29, 1.82) is 0 Å². The monoisotopic (exact) mass is 292 g/mol. The molecule has 1 atom stereocenters. The van der Waals surface area contributed by atoms with Crippen LogP contribution in [0.15, 0.2) is 22.3 Å². The molecule has 1 nitrogen and oxygen atoms in total. The largest absolute Gasteiger partial charge is 0.294 e. The summed E-state index contributed by atoms with van der Waals surface area (Å²) in [6.07, 6.45) is 1.78. The number of Topliss-reactive ketones (excluding diaryl/α,β-unsaturated/α-hetero) is 1. The zero-order chi connectivity index (χ0) is 15.9.